The van der Waals surface area contributed by atoms with Crippen molar-refractivity contribution in [1.82, 2.24) is 16.0 Å². The Morgan fingerprint density at radius 3 is 1.96 bits per heavy atom. The Balaban J connectivity index is 2.09. The average molecular weight is 643 g/mol. The highest BCUT2D eigenvalue weighted by atomic mass is 32.1. The zero-order valence-electron chi connectivity index (χ0n) is 26.4. The quantitative estimate of drug-likeness (QED) is 0.176. The molecular formula is C32H42N4O8S. The van der Waals surface area contributed by atoms with E-state index in [0.29, 0.717) is 11.3 Å². The van der Waals surface area contributed by atoms with Crippen LogP contribution < -0.4 is 26.4 Å². The van der Waals surface area contributed by atoms with Gasteiger partial charge in [0.25, 0.3) is 5.91 Å². The molecule has 2 rings (SSSR count). The first-order valence-corrected chi connectivity index (χ1v) is 14.7. The summed E-state index contributed by atoms with van der Waals surface area (Å²) in [6.45, 7) is 9.18. The van der Waals surface area contributed by atoms with Crippen molar-refractivity contribution in [3.05, 3.63) is 65.7 Å². The van der Waals surface area contributed by atoms with Crippen molar-refractivity contribution in [2.24, 2.45) is 5.73 Å². The van der Waals surface area contributed by atoms with Crippen molar-refractivity contribution in [3.63, 3.8) is 0 Å². The summed E-state index contributed by atoms with van der Waals surface area (Å²) in [6, 6.07) is 12.9. The summed E-state index contributed by atoms with van der Waals surface area (Å²) >= 11 is 4.90. The van der Waals surface area contributed by atoms with E-state index < -0.39 is 72.5 Å². The molecule has 0 saturated heterocycles. The number of hydrogen-bond acceptors (Lipinski definition) is 9. The smallest absolute Gasteiger partial charge is 0.329 e. The highest BCUT2D eigenvalue weighted by molar-refractivity contribution is 7.80. The zero-order valence-corrected chi connectivity index (χ0v) is 27.2. The van der Waals surface area contributed by atoms with E-state index in [1.807, 2.05) is 6.07 Å². The average Bonchev–Trinajstić information content (AvgIpc) is 2.93. The fourth-order valence-electron chi connectivity index (χ4n) is 3.79. The molecule has 0 heterocycles. The molecular weight excluding hydrogens is 600 g/mol. The number of benzene rings is 2. The maximum absolute atomic E-state index is 13.4. The Labute approximate surface area is 268 Å². The van der Waals surface area contributed by atoms with E-state index in [0.717, 1.165) is 5.56 Å². The van der Waals surface area contributed by atoms with Gasteiger partial charge in [-0.25, -0.2) is 4.79 Å². The monoisotopic (exact) mass is 642 g/mol. The molecule has 0 radical (unpaired) electrons. The Morgan fingerprint density at radius 2 is 1.40 bits per heavy atom. The molecule has 2 atom stereocenters. The van der Waals surface area contributed by atoms with Gasteiger partial charge in [0.2, 0.25) is 11.8 Å². The van der Waals surface area contributed by atoms with Crippen LogP contribution in [0.15, 0.2) is 54.6 Å². The second-order valence-corrected chi connectivity index (χ2v) is 12.6. The lowest BCUT2D eigenvalue weighted by molar-refractivity contribution is -0.159. The van der Waals surface area contributed by atoms with E-state index in [4.69, 9.17) is 32.2 Å². The van der Waals surface area contributed by atoms with Crippen LogP contribution in [0.2, 0.25) is 0 Å². The SMILES string of the molecule is CC(C)(C)OC(=O)C[C@H](NC(=O)CNC(=O)COc1ccc(C(N)=S)cc1)C(=O)N[C@@H](Cc1ccccc1)C(=O)OC(C)(C)C. The number of esters is 2. The van der Waals surface area contributed by atoms with E-state index in [2.05, 4.69) is 16.0 Å². The first-order chi connectivity index (χ1) is 20.9. The van der Waals surface area contributed by atoms with Crippen LogP contribution in [0.5, 0.6) is 5.75 Å². The Morgan fingerprint density at radius 1 is 0.800 bits per heavy atom. The number of amides is 3. The Bertz CT molecular complexity index is 1350. The number of nitrogens with one attached hydrogen (secondary N) is 3. The number of carbonyl (C=O) groups is 5. The number of nitrogens with two attached hydrogens (primary N) is 1. The van der Waals surface area contributed by atoms with Gasteiger partial charge in [-0.15, -0.1) is 0 Å². The van der Waals surface area contributed by atoms with Crippen molar-refractivity contribution in [3.8, 4) is 5.75 Å². The van der Waals surface area contributed by atoms with Crippen LogP contribution >= 0.6 is 12.2 Å². The van der Waals surface area contributed by atoms with E-state index in [1.165, 1.54) is 0 Å². The van der Waals surface area contributed by atoms with E-state index >= 15 is 0 Å². The number of thiocarbonyl (C=S) groups is 1. The van der Waals surface area contributed by atoms with Gasteiger partial charge < -0.3 is 35.9 Å². The molecule has 0 saturated carbocycles. The minimum Gasteiger partial charge on any atom is -0.484 e. The van der Waals surface area contributed by atoms with Crippen LogP contribution in [-0.4, -0.2) is 71.1 Å². The van der Waals surface area contributed by atoms with Crippen LogP contribution in [0, 0.1) is 0 Å². The molecule has 45 heavy (non-hydrogen) atoms. The summed E-state index contributed by atoms with van der Waals surface area (Å²) in [5, 5.41) is 7.47. The fourth-order valence-corrected chi connectivity index (χ4v) is 3.92. The standard InChI is InChI=1S/C32H42N4O8S/c1-31(2,3)43-27(39)17-23(29(40)36-24(30(41)44-32(4,5)6)16-20-10-8-7-9-11-20)35-25(37)18-34-26(38)19-42-22-14-12-21(13-15-22)28(33)45/h7-15,23-24H,16-19H2,1-6H3,(H2,33,45)(H,34,38)(H,35,37)(H,36,40)/t23-,24-/m0/s1. The lowest BCUT2D eigenvalue weighted by Gasteiger charge is -2.27. The van der Waals surface area contributed by atoms with Crippen LogP contribution in [0.1, 0.15) is 59.1 Å². The molecule has 0 spiro atoms. The van der Waals surface area contributed by atoms with E-state index in [-0.39, 0.29) is 11.4 Å². The first-order valence-electron chi connectivity index (χ1n) is 14.3. The van der Waals surface area contributed by atoms with Gasteiger partial charge in [0, 0.05) is 12.0 Å². The molecule has 0 aliphatic rings. The topological polar surface area (TPSA) is 175 Å². The van der Waals surface area contributed by atoms with Crippen molar-refractivity contribution in [2.45, 2.75) is 77.7 Å². The number of hydrogen-bond donors (Lipinski definition) is 4. The van der Waals surface area contributed by atoms with Crippen molar-refractivity contribution >= 4 is 46.9 Å². The normalized spacial score (nSPS) is 12.6. The largest absolute Gasteiger partial charge is 0.484 e. The molecule has 0 aromatic heterocycles. The van der Waals surface area contributed by atoms with Crippen LogP contribution in [0.4, 0.5) is 0 Å². The molecule has 0 aliphatic heterocycles. The maximum Gasteiger partial charge on any atom is 0.329 e. The number of carbonyl (C=O) groups excluding carboxylic acids is 5. The van der Waals surface area contributed by atoms with Gasteiger partial charge >= 0.3 is 11.9 Å². The summed E-state index contributed by atoms with van der Waals surface area (Å²) in [7, 11) is 0. The van der Waals surface area contributed by atoms with Gasteiger partial charge in [-0.1, -0.05) is 42.5 Å². The van der Waals surface area contributed by atoms with Crippen molar-refractivity contribution < 1.29 is 38.2 Å². The second-order valence-electron chi connectivity index (χ2n) is 12.1. The summed E-state index contributed by atoms with van der Waals surface area (Å²) in [4.78, 5) is 64.5. The van der Waals surface area contributed by atoms with Crippen LogP contribution in [0.25, 0.3) is 0 Å². The second kappa shape index (κ2) is 16.5. The molecule has 2 aromatic rings. The predicted molar refractivity (Wildman–Crippen MR) is 171 cm³/mol. The molecule has 0 bridgehead atoms. The lowest BCUT2D eigenvalue weighted by Crippen LogP contribution is -2.55. The summed E-state index contributed by atoms with van der Waals surface area (Å²) in [6.07, 6.45) is -0.424. The Kier molecular flexibility index (Phi) is 13.5. The molecule has 12 nitrogen and oxygen atoms in total. The van der Waals surface area contributed by atoms with E-state index in [1.54, 1.807) is 90.1 Å². The highest BCUT2D eigenvalue weighted by Crippen LogP contribution is 2.14. The first kappa shape index (κ1) is 36.7. The lowest BCUT2D eigenvalue weighted by atomic mass is 10.0. The van der Waals surface area contributed by atoms with E-state index in [9.17, 15) is 24.0 Å². The molecule has 0 aliphatic carbocycles. The molecule has 0 fully saturated rings. The summed E-state index contributed by atoms with van der Waals surface area (Å²) < 4.78 is 16.3. The van der Waals surface area contributed by atoms with Gasteiger partial charge in [-0.3, -0.25) is 19.2 Å². The molecule has 244 valence electrons. The van der Waals surface area contributed by atoms with Gasteiger partial charge in [-0.2, -0.15) is 0 Å². The third-order valence-electron chi connectivity index (χ3n) is 5.69. The molecule has 0 unspecified atom stereocenters. The van der Waals surface area contributed by atoms with Crippen molar-refractivity contribution in [1.29, 1.82) is 0 Å². The van der Waals surface area contributed by atoms with Gasteiger partial charge in [0.1, 0.15) is 34.0 Å². The molecule has 2 aromatic carbocycles. The summed E-state index contributed by atoms with van der Waals surface area (Å²) in [5.41, 5.74) is 5.28. The van der Waals surface area contributed by atoms with Gasteiger partial charge in [-0.05, 0) is 71.4 Å². The maximum atomic E-state index is 13.4. The third kappa shape index (κ3) is 14.7. The molecule has 3 amide bonds. The number of rotatable bonds is 14. The summed E-state index contributed by atoms with van der Waals surface area (Å²) in [5.74, 6) is -3.22. The number of ether oxygens (including phenoxy) is 3. The van der Waals surface area contributed by atoms with Crippen molar-refractivity contribution in [2.75, 3.05) is 13.2 Å². The molecule has 13 heteroatoms. The van der Waals surface area contributed by atoms with Crippen LogP contribution in [0.3, 0.4) is 0 Å². The highest BCUT2D eigenvalue weighted by Gasteiger charge is 2.32. The molecule has 5 N–H and O–H groups in total. The minimum absolute atomic E-state index is 0.103. The third-order valence-corrected chi connectivity index (χ3v) is 5.92. The van der Waals surface area contributed by atoms with Gasteiger partial charge in [0.15, 0.2) is 6.61 Å². The Hall–Kier alpha value is -4.52. The van der Waals surface area contributed by atoms with Crippen LogP contribution in [-0.2, 0) is 39.9 Å². The minimum atomic E-state index is -1.42. The van der Waals surface area contributed by atoms with Gasteiger partial charge in [0.05, 0.1) is 13.0 Å². The zero-order chi connectivity index (χ0) is 33.8. The fraction of sp³-hybridized carbons (Fsp3) is 0.438. The predicted octanol–water partition coefficient (Wildman–Crippen LogP) is 2.10.